The maximum atomic E-state index is 10.9. The molecule has 1 aliphatic carbocycles. The van der Waals surface area contributed by atoms with Gasteiger partial charge in [0.15, 0.2) is 0 Å². The predicted octanol–water partition coefficient (Wildman–Crippen LogP) is 0.532. The van der Waals surface area contributed by atoms with Gasteiger partial charge in [0.05, 0.1) is 0 Å². The Morgan fingerprint density at radius 2 is 2.33 bits per heavy atom. The second-order valence-electron chi connectivity index (χ2n) is 3.12. The highest BCUT2D eigenvalue weighted by atomic mass is 16.1. The van der Waals surface area contributed by atoms with E-state index < -0.39 is 0 Å². The minimum absolute atomic E-state index is 0.295. The predicted molar refractivity (Wildman–Crippen MR) is 33.8 cm³/mol. The van der Waals surface area contributed by atoms with E-state index >= 15 is 0 Å². The van der Waals surface area contributed by atoms with Crippen molar-refractivity contribution in [2.24, 2.45) is 11.8 Å². The van der Waals surface area contributed by atoms with Gasteiger partial charge in [-0.05, 0) is 25.2 Å². The quantitative estimate of drug-likeness (QED) is 0.502. The summed E-state index contributed by atoms with van der Waals surface area (Å²) in [5.41, 5.74) is 0. The van der Waals surface area contributed by atoms with Crippen molar-refractivity contribution in [3.05, 3.63) is 0 Å². The average molecular weight is 125 g/mol. The molecule has 1 aliphatic heterocycles. The van der Waals surface area contributed by atoms with E-state index in [9.17, 15) is 4.79 Å². The average Bonchev–Trinajstić information content (AvgIpc) is 2.25. The van der Waals surface area contributed by atoms with Crippen LogP contribution < -0.4 is 5.32 Å². The van der Waals surface area contributed by atoms with Gasteiger partial charge in [-0.3, -0.25) is 4.79 Å². The van der Waals surface area contributed by atoms with Crippen LogP contribution >= 0.6 is 0 Å². The van der Waals surface area contributed by atoms with Crippen LogP contribution in [0.4, 0.5) is 0 Å². The third-order valence-corrected chi connectivity index (χ3v) is 2.48. The van der Waals surface area contributed by atoms with Crippen molar-refractivity contribution in [2.45, 2.75) is 19.3 Å². The highest BCUT2D eigenvalue weighted by Gasteiger charge is 2.33. The number of nitrogens with one attached hydrogen (secondary N) is 1. The van der Waals surface area contributed by atoms with Crippen LogP contribution in [0.2, 0.25) is 0 Å². The molecule has 0 radical (unpaired) electrons. The Kier molecular flexibility index (Phi) is 1.01. The molecule has 0 aromatic rings. The number of rotatable bonds is 0. The summed E-state index contributed by atoms with van der Waals surface area (Å²) in [4.78, 5) is 10.9. The Labute approximate surface area is 54.6 Å². The minimum Gasteiger partial charge on any atom is -0.356 e. The number of carbonyl (C=O) groups is 1. The van der Waals surface area contributed by atoms with Crippen LogP contribution in [0.3, 0.4) is 0 Å². The van der Waals surface area contributed by atoms with Gasteiger partial charge in [-0.25, -0.2) is 0 Å². The first kappa shape index (κ1) is 5.27. The van der Waals surface area contributed by atoms with Crippen molar-refractivity contribution >= 4 is 5.91 Å². The van der Waals surface area contributed by atoms with Gasteiger partial charge in [0, 0.05) is 12.5 Å². The van der Waals surface area contributed by atoms with Crippen LogP contribution in [0, 0.1) is 11.8 Å². The molecule has 1 N–H and O–H groups in total. The molecule has 0 aromatic carbocycles. The third kappa shape index (κ3) is 0.732. The molecule has 1 heterocycles. The molecular weight excluding hydrogens is 114 g/mol. The van der Waals surface area contributed by atoms with Gasteiger partial charge in [-0.1, -0.05) is 0 Å². The topological polar surface area (TPSA) is 29.1 Å². The second-order valence-corrected chi connectivity index (χ2v) is 3.12. The van der Waals surface area contributed by atoms with E-state index in [0.717, 1.165) is 25.3 Å². The molecule has 2 fully saturated rings. The van der Waals surface area contributed by atoms with Gasteiger partial charge in [-0.2, -0.15) is 0 Å². The summed E-state index contributed by atoms with van der Waals surface area (Å²) in [6, 6.07) is 0. The molecule has 1 saturated carbocycles. The molecular formula is C7H11NO. The monoisotopic (exact) mass is 125 g/mol. The van der Waals surface area contributed by atoms with Gasteiger partial charge < -0.3 is 5.32 Å². The van der Waals surface area contributed by atoms with E-state index in [-0.39, 0.29) is 0 Å². The summed E-state index contributed by atoms with van der Waals surface area (Å²) in [6.07, 6.45) is 3.56. The Balaban J connectivity index is 2.14. The fourth-order valence-electron chi connectivity index (χ4n) is 1.89. The Hall–Kier alpha value is -0.530. The highest BCUT2D eigenvalue weighted by Crippen LogP contribution is 2.33. The van der Waals surface area contributed by atoms with Crippen LogP contribution in [0.15, 0.2) is 0 Å². The van der Waals surface area contributed by atoms with Crippen molar-refractivity contribution in [3.8, 4) is 0 Å². The normalized spacial score (nSPS) is 40.7. The lowest BCUT2D eigenvalue weighted by Gasteiger charge is -2.18. The molecule has 0 unspecified atom stereocenters. The number of piperidine rings is 1. The lowest BCUT2D eigenvalue weighted by molar-refractivity contribution is -0.126. The standard InChI is InChI=1S/C7H11NO/c9-7-6-2-1-5(3-6)4-8-7/h5-6H,1-4H2,(H,8,9)/t5-,6+/m1/s1. The molecule has 0 aromatic heterocycles. The molecule has 2 nitrogen and oxygen atoms in total. The van der Waals surface area contributed by atoms with Gasteiger partial charge in [0.2, 0.25) is 5.91 Å². The SMILES string of the molecule is O=C1NC[C@@H]2CC[C@H]1C2. The molecule has 2 aliphatic rings. The molecule has 1 amide bonds. The van der Waals surface area contributed by atoms with Crippen molar-refractivity contribution in [1.29, 1.82) is 0 Å². The summed E-state index contributed by atoms with van der Waals surface area (Å²) in [6.45, 7) is 0.940. The second kappa shape index (κ2) is 1.72. The molecule has 2 bridgehead atoms. The van der Waals surface area contributed by atoms with E-state index in [1.165, 1.54) is 6.42 Å². The fraction of sp³-hybridized carbons (Fsp3) is 0.857. The van der Waals surface area contributed by atoms with Crippen LogP contribution in [-0.4, -0.2) is 12.5 Å². The van der Waals surface area contributed by atoms with E-state index in [4.69, 9.17) is 0 Å². The molecule has 9 heavy (non-hydrogen) atoms. The molecule has 0 spiro atoms. The molecule has 50 valence electrons. The zero-order chi connectivity index (χ0) is 6.27. The van der Waals surface area contributed by atoms with E-state index in [1.54, 1.807) is 0 Å². The van der Waals surface area contributed by atoms with Crippen LogP contribution in [-0.2, 0) is 4.79 Å². The largest absolute Gasteiger partial charge is 0.356 e. The summed E-state index contributed by atoms with van der Waals surface area (Å²) in [5.74, 6) is 1.49. The summed E-state index contributed by atoms with van der Waals surface area (Å²) < 4.78 is 0. The lowest BCUT2D eigenvalue weighted by Crippen LogP contribution is -2.36. The number of fused-ring (bicyclic) bond motifs is 2. The summed E-state index contributed by atoms with van der Waals surface area (Å²) >= 11 is 0. The number of carbonyl (C=O) groups excluding carboxylic acids is 1. The summed E-state index contributed by atoms with van der Waals surface area (Å²) in [5, 5.41) is 2.91. The zero-order valence-electron chi connectivity index (χ0n) is 5.39. The molecule has 2 atom stereocenters. The highest BCUT2D eigenvalue weighted by molar-refractivity contribution is 5.79. The Morgan fingerprint density at radius 1 is 1.44 bits per heavy atom. The van der Waals surface area contributed by atoms with Gasteiger partial charge in [-0.15, -0.1) is 0 Å². The summed E-state index contributed by atoms with van der Waals surface area (Å²) in [7, 11) is 0. The molecule has 1 saturated heterocycles. The van der Waals surface area contributed by atoms with E-state index in [2.05, 4.69) is 5.32 Å². The van der Waals surface area contributed by atoms with Gasteiger partial charge in [0.1, 0.15) is 0 Å². The Morgan fingerprint density at radius 3 is 3.11 bits per heavy atom. The van der Waals surface area contributed by atoms with Crippen molar-refractivity contribution in [2.75, 3.05) is 6.54 Å². The maximum Gasteiger partial charge on any atom is 0.223 e. The smallest absolute Gasteiger partial charge is 0.223 e. The first-order valence-corrected chi connectivity index (χ1v) is 3.64. The number of hydrogen-bond acceptors (Lipinski definition) is 1. The molecule has 2 heteroatoms. The van der Waals surface area contributed by atoms with Crippen LogP contribution in [0.1, 0.15) is 19.3 Å². The fourth-order valence-corrected chi connectivity index (χ4v) is 1.89. The number of amides is 1. The third-order valence-electron chi connectivity index (χ3n) is 2.48. The van der Waals surface area contributed by atoms with Gasteiger partial charge in [0.25, 0.3) is 0 Å². The van der Waals surface area contributed by atoms with Crippen molar-refractivity contribution < 1.29 is 4.79 Å². The van der Waals surface area contributed by atoms with Crippen LogP contribution in [0.5, 0.6) is 0 Å². The van der Waals surface area contributed by atoms with E-state index in [1.807, 2.05) is 0 Å². The van der Waals surface area contributed by atoms with Gasteiger partial charge >= 0.3 is 0 Å². The first-order chi connectivity index (χ1) is 4.36. The number of hydrogen-bond donors (Lipinski definition) is 1. The lowest BCUT2D eigenvalue weighted by atomic mass is 10.0. The van der Waals surface area contributed by atoms with Crippen LogP contribution in [0.25, 0.3) is 0 Å². The van der Waals surface area contributed by atoms with Crippen molar-refractivity contribution in [1.82, 2.24) is 5.32 Å². The molecule has 2 rings (SSSR count). The maximum absolute atomic E-state index is 10.9. The Bertz CT molecular complexity index is 144. The van der Waals surface area contributed by atoms with E-state index in [0.29, 0.717) is 11.8 Å². The zero-order valence-corrected chi connectivity index (χ0v) is 5.39. The van der Waals surface area contributed by atoms with Crippen molar-refractivity contribution in [3.63, 3.8) is 0 Å². The minimum atomic E-state index is 0.295. The first-order valence-electron chi connectivity index (χ1n) is 3.64.